The number of fused-ring (bicyclic) bond motifs is 1. The number of hydrogen-bond donors (Lipinski definition) is 2. The number of carbonyl (C=O) groups is 2. The molecule has 4 saturated carbocycles. The van der Waals surface area contributed by atoms with E-state index in [0.29, 0.717) is 13.0 Å². The first-order valence-electron chi connectivity index (χ1n) is 12.6. The molecule has 4 aliphatic carbocycles. The van der Waals surface area contributed by atoms with Crippen LogP contribution in [0.15, 0.2) is 35.7 Å². The van der Waals surface area contributed by atoms with Crippen molar-refractivity contribution in [2.75, 3.05) is 23.3 Å². The average Bonchev–Trinajstić information content (AvgIpc) is 3.26. The maximum absolute atomic E-state index is 13.1. The summed E-state index contributed by atoms with van der Waals surface area (Å²) >= 11 is 1.84. The first kappa shape index (κ1) is 21.2. The van der Waals surface area contributed by atoms with Crippen molar-refractivity contribution in [2.45, 2.75) is 57.9 Å². The van der Waals surface area contributed by atoms with Crippen molar-refractivity contribution in [3.63, 3.8) is 0 Å². The molecule has 0 spiro atoms. The quantitative estimate of drug-likeness (QED) is 0.636. The molecule has 4 bridgehead atoms. The van der Waals surface area contributed by atoms with Crippen LogP contribution in [0.3, 0.4) is 0 Å². The maximum Gasteiger partial charge on any atom is 0.226 e. The number of para-hydroxylation sites is 2. The number of rotatable bonds is 6. The second kappa shape index (κ2) is 8.46. The van der Waals surface area contributed by atoms with Crippen molar-refractivity contribution in [3.8, 4) is 0 Å². The number of anilines is 2. The van der Waals surface area contributed by atoms with Crippen molar-refractivity contribution < 1.29 is 9.59 Å². The number of hydrogen-bond acceptors (Lipinski definition) is 4. The van der Waals surface area contributed by atoms with E-state index in [0.717, 1.165) is 67.9 Å². The van der Waals surface area contributed by atoms with Crippen LogP contribution in [0, 0.1) is 23.2 Å². The summed E-state index contributed by atoms with van der Waals surface area (Å²) in [7, 11) is 0. The molecule has 174 valence electrons. The Hall–Kier alpha value is -2.34. The third-order valence-electron chi connectivity index (χ3n) is 8.48. The van der Waals surface area contributed by atoms with E-state index in [1.54, 1.807) is 0 Å². The molecule has 0 atom stereocenters. The highest BCUT2D eigenvalue weighted by atomic mass is 32.1. The SMILES string of the molecule is O=C(CCNC(=O)C12CC3CC(CC(C3)C1)C2)Nc1ccccc1N1CCc2sccc2C1. The molecule has 4 fully saturated rings. The van der Waals surface area contributed by atoms with E-state index in [1.165, 1.54) is 29.7 Å². The van der Waals surface area contributed by atoms with Gasteiger partial charge in [-0.05, 0) is 91.8 Å². The summed E-state index contributed by atoms with van der Waals surface area (Å²) in [6, 6.07) is 10.3. The molecule has 1 aromatic carbocycles. The summed E-state index contributed by atoms with van der Waals surface area (Å²) in [5.41, 5.74) is 3.17. The molecule has 5 aliphatic rings. The van der Waals surface area contributed by atoms with Gasteiger partial charge in [0.25, 0.3) is 0 Å². The fourth-order valence-corrected chi connectivity index (χ4v) is 8.28. The highest BCUT2D eigenvalue weighted by molar-refractivity contribution is 7.10. The first-order chi connectivity index (χ1) is 16.1. The number of thiophene rings is 1. The number of carbonyl (C=O) groups excluding carboxylic acids is 2. The molecule has 5 nitrogen and oxygen atoms in total. The molecular formula is C27H33N3O2S. The Bertz CT molecular complexity index is 1030. The molecule has 1 aromatic heterocycles. The van der Waals surface area contributed by atoms with Gasteiger partial charge >= 0.3 is 0 Å². The molecule has 2 amide bonds. The zero-order valence-corrected chi connectivity index (χ0v) is 20.0. The summed E-state index contributed by atoms with van der Waals surface area (Å²) in [4.78, 5) is 29.7. The van der Waals surface area contributed by atoms with Crippen molar-refractivity contribution in [2.24, 2.45) is 23.2 Å². The van der Waals surface area contributed by atoms with Gasteiger partial charge in [0.15, 0.2) is 0 Å². The van der Waals surface area contributed by atoms with Gasteiger partial charge < -0.3 is 15.5 Å². The Balaban J connectivity index is 1.04. The molecule has 7 rings (SSSR count). The molecular weight excluding hydrogens is 430 g/mol. The minimum absolute atomic E-state index is 0.0403. The molecule has 6 heteroatoms. The van der Waals surface area contributed by atoms with Crippen LogP contribution < -0.4 is 15.5 Å². The summed E-state index contributed by atoms with van der Waals surface area (Å²) in [6.45, 7) is 2.25. The Morgan fingerprint density at radius 2 is 1.76 bits per heavy atom. The van der Waals surface area contributed by atoms with E-state index in [2.05, 4.69) is 33.0 Å². The summed E-state index contributed by atoms with van der Waals surface area (Å²) < 4.78 is 0. The Kier molecular flexibility index (Phi) is 5.44. The predicted molar refractivity (Wildman–Crippen MR) is 132 cm³/mol. The van der Waals surface area contributed by atoms with Gasteiger partial charge in [-0.3, -0.25) is 9.59 Å². The average molecular weight is 464 g/mol. The Labute approximate surface area is 199 Å². The Morgan fingerprint density at radius 1 is 1.03 bits per heavy atom. The monoisotopic (exact) mass is 463 g/mol. The molecule has 2 heterocycles. The van der Waals surface area contributed by atoms with Gasteiger partial charge in [0.1, 0.15) is 0 Å². The molecule has 0 unspecified atom stereocenters. The standard InChI is InChI=1S/C27H33N3O2S/c31-25(5-8-28-26(32)27-14-18-11-19(15-27)13-20(12-18)16-27)29-22-3-1-2-4-23(22)30-9-6-24-21(17-30)7-10-33-24/h1-4,7,10,18-20H,5-6,8-9,11-17H2,(H,28,32)(H,29,31). The lowest BCUT2D eigenvalue weighted by atomic mass is 9.49. The molecule has 0 saturated heterocycles. The summed E-state index contributed by atoms with van der Waals surface area (Å²) in [6.07, 6.45) is 8.54. The van der Waals surface area contributed by atoms with Crippen LogP contribution in [0.4, 0.5) is 11.4 Å². The lowest BCUT2D eigenvalue weighted by molar-refractivity contribution is -0.146. The largest absolute Gasteiger partial charge is 0.365 e. The fourth-order valence-electron chi connectivity index (χ4n) is 7.39. The minimum Gasteiger partial charge on any atom is -0.365 e. The molecule has 1 aliphatic heterocycles. The van der Waals surface area contributed by atoms with Crippen LogP contribution >= 0.6 is 11.3 Å². The third-order valence-corrected chi connectivity index (χ3v) is 9.51. The minimum atomic E-state index is -0.146. The van der Waals surface area contributed by atoms with Gasteiger partial charge in [-0.15, -0.1) is 11.3 Å². The molecule has 33 heavy (non-hydrogen) atoms. The van der Waals surface area contributed by atoms with Crippen LogP contribution in [-0.2, 0) is 22.6 Å². The topological polar surface area (TPSA) is 61.4 Å². The second-order valence-electron chi connectivity index (χ2n) is 10.8. The van der Waals surface area contributed by atoms with Crippen molar-refractivity contribution in [1.82, 2.24) is 5.32 Å². The number of nitrogens with zero attached hydrogens (tertiary/aromatic N) is 1. The third kappa shape index (κ3) is 4.07. The smallest absolute Gasteiger partial charge is 0.226 e. The summed E-state index contributed by atoms with van der Waals surface area (Å²) in [5, 5.41) is 8.41. The van der Waals surface area contributed by atoms with E-state index in [1.807, 2.05) is 29.5 Å². The lowest BCUT2D eigenvalue weighted by Crippen LogP contribution is -2.53. The lowest BCUT2D eigenvalue weighted by Gasteiger charge is -2.55. The van der Waals surface area contributed by atoms with Crippen LogP contribution in [-0.4, -0.2) is 24.9 Å². The van der Waals surface area contributed by atoms with Crippen molar-refractivity contribution in [1.29, 1.82) is 0 Å². The van der Waals surface area contributed by atoms with Gasteiger partial charge in [0, 0.05) is 36.3 Å². The molecule has 2 aromatic rings. The van der Waals surface area contributed by atoms with Crippen LogP contribution in [0.25, 0.3) is 0 Å². The summed E-state index contributed by atoms with van der Waals surface area (Å²) in [5.74, 6) is 2.42. The van der Waals surface area contributed by atoms with E-state index in [4.69, 9.17) is 0 Å². The van der Waals surface area contributed by atoms with Gasteiger partial charge in [-0.2, -0.15) is 0 Å². The highest BCUT2D eigenvalue weighted by Crippen LogP contribution is 2.60. The molecule has 0 radical (unpaired) electrons. The van der Waals surface area contributed by atoms with E-state index >= 15 is 0 Å². The van der Waals surface area contributed by atoms with Crippen molar-refractivity contribution >= 4 is 34.5 Å². The molecule has 2 N–H and O–H groups in total. The fraction of sp³-hybridized carbons (Fsp3) is 0.556. The zero-order valence-electron chi connectivity index (χ0n) is 19.1. The van der Waals surface area contributed by atoms with Gasteiger partial charge in [0.05, 0.1) is 11.4 Å². The maximum atomic E-state index is 13.1. The Morgan fingerprint density at radius 3 is 2.52 bits per heavy atom. The van der Waals surface area contributed by atoms with Crippen molar-refractivity contribution in [3.05, 3.63) is 46.2 Å². The zero-order chi connectivity index (χ0) is 22.4. The van der Waals surface area contributed by atoms with Gasteiger partial charge in [0.2, 0.25) is 11.8 Å². The predicted octanol–water partition coefficient (Wildman–Crippen LogP) is 4.97. The van der Waals surface area contributed by atoms with Gasteiger partial charge in [-0.25, -0.2) is 0 Å². The van der Waals surface area contributed by atoms with E-state index in [9.17, 15) is 9.59 Å². The van der Waals surface area contributed by atoms with Crippen LogP contribution in [0.1, 0.15) is 55.4 Å². The normalized spacial score (nSPS) is 29.6. The first-order valence-corrected chi connectivity index (χ1v) is 13.4. The van der Waals surface area contributed by atoms with Crippen LogP contribution in [0.5, 0.6) is 0 Å². The van der Waals surface area contributed by atoms with E-state index in [-0.39, 0.29) is 17.2 Å². The van der Waals surface area contributed by atoms with E-state index < -0.39 is 0 Å². The van der Waals surface area contributed by atoms with Gasteiger partial charge in [-0.1, -0.05) is 12.1 Å². The van der Waals surface area contributed by atoms with Crippen LogP contribution in [0.2, 0.25) is 0 Å². The second-order valence-corrected chi connectivity index (χ2v) is 11.8. The number of benzene rings is 1. The highest BCUT2D eigenvalue weighted by Gasteiger charge is 2.54. The number of amides is 2. The number of nitrogens with one attached hydrogen (secondary N) is 2.